The average molecular weight is 754 g/mol. The molecule has 1 aromatic heterocycles. The van der Waals surface area contributed by atoms with Gasteiger partial charge in [0, 0.05) is 16.7 Å². The molecule has 9 aromatic carbocycles. The maximum atomic E-state index is 5.14. The highest BCUT2D eigenvalue weighted by atomic mass is 15.0. The van der Waals surface area contributed by atoms with Crippen molar-refractivity contribution in [1.82, 2.24) is 15.0 Å². The normalized spacial score (nSPS) is 11.6. The zero-order chi connectivity index (χ0) is 39.7. The second-order valence-corrected chi connectivity index (χ2v) is 14.9. The molecule has 0 spiro atoms. The van der Waals surface area contributed by atoms with Crippen LogP contribution in [0.25, 0.3) is 106 Å². The first-order chi connectivity index (χ1) is 29.1. The molecule has 0 aliphatic heterocycles. The second kappa shape index (κ2) is 15.3. The van der Waals surface area contributed by atoms with Crippen molar-refractivity contribution < 1.29 is 0 Å². The minimum Gasteiger partial charge on any atom is -0.208 e. The van der Waals surface area contributed by atoms with Gasteiger partial charge >= 0.3 is 0 Å². The quantitative estimate of drug-likeness (QED) is 0.115. The van der Waals surface area contributed by atoms with E-state index in [1.54, 1.807) is 0 Å². The standard InChI is InChI=1S/C56H39N3/c1-3-45-48-25-12-13-26-49(48)50-27-14-15-28-51(50)52(45)35-37(2)46-34-33-40-19-10-11-24-47(40)53(46)43-22-16-23-44(36-43)56-58-54(41-20-8-5-9-21-41)57-55(59-56)42-31-29-39(30-32-42)38-17-6-4-7-18-38/h3-36H,1H2,2H3/b37-35+. The Bertz CT molecular complexity index is 3220. The first kappa shape index (κ1) is 35.6. The summed E-state index contributed by atoms with van der Waals surface area (Å²) < 4.78 is 0. The molecule has 0 aliphatic carbocycles. The molecule has 3 heteroatoms. The highest BCUT2D eigenvalue weighted by molar-refractivity contribution is 6.16. The van der Waals surface area contributed by atoms with E-state index in [4.69, 9.17) is 15.0 Å². The molecule has 0 aliphatic rings. The summed E-state index contributed by atoms with van der Waals surface area (Å²) in [6, 6.07) is 68.1. The fourth-order valence-corrected chi connectivity index (χ4v) is 8.38. The summed E-state index contributed by atoms with van der Waals surface area (Å²) in [7, 11) is 0. The van der Waals surface area contributed by atoms with Crippen LogP contribution in [0.1, 0.15) is 23.6 Å². The average Bonchev–Trinajstić information content (AvgIpc) is 3.31. The lowest BCUT2D eigenvalue weighted by molar-refractivity contribution is 1.07. The van der Waals surface area contributed by atoms with Crippen molar-refractivity contribution in [3.63, 3.8) is 0 Å². The van der Waals surface area contributed by atoms with Gasteiger partial charge in [-0.3, -0.25) is 0 Å². The van der Waals surface area contributed by atoms with Gasteiger partial charge in [0.1, 0.15) is 0 Å². The Labute approximate surface area is 344 Å². The van der Waals surface area contributed by atoms with Gasteiger partial charge < -0.3 is 0 Å². The Morgan fingerprint density at radius 2 is 0.847 bits per heavy atom. The summed E-state index contributed by atoms with van der Waals surface area (Å²) in [5, 5.41) is 7.24. The lowest BCUT2D eigenvalue weighted by atomic mass is 9.87. The Morgan fingerprint density at radius 3 is 1.49 bits per heavy atom. The van der Waals surface area contributed by atoms with Crippen LogP contribution >= 0.6 is 0 Å². The monoisotopic (exact) mass is 753 g/mol. The van der Waals surface area contributed by atoms with E-state index in [0.29, 0.717) is 17.5 Å². The third-order valence-corrected chi connectivity index (χ3v) is 11.3. The molecule has 1 heterocycles. The molecule has 0 amide bonds. The molecule has 0 atom stereocenters. The van der Waals surface area contributed by atoms with E-state index >= 15 is 0 Å². The van der Waals surface area contributed by atoms with Gasteiger partial charge in [0.2, 0.25) is 0 Å². The Morgan fingerprint density at radius 1 is 0.390 bits per heavy atom. The number of benzene rings is 9. The Kier molecular flexibility index (Phi) is 9.25. The van der Waals surface area contributed by atoms with Crippen LogP contribution in [0.2, 0.25) is 0 Å². The van der Waals surface area contributed by atoms with Gasteiger partial charge in [-0.05, 0) is 89.8 Å². The molecule has 3 nitrogen and oxygen atoms in total. The van der Waals surface area contributed by atoms with Crippen molar-refractivity contribution in [3.05, 3.63) is 217 Å². The number of rotatable bonds is 8. The molecule has 278 valence electrons. The number of allylic oxidation sites excluding steroid dienone is 1. The number of hydrogen-bond donors (Lipinski definition) is 0. The van der Waals surface area contributed by atoms with E-state index in [9.17, 15) is 0 Å². The van der Waals surface area contributed by atoms with Crippen LogP contribution in [-0.4, -0.2) is 15.0 Å². The summed E-state index contributed by atoms with van der Waals surface area (Å²) in [5.74, 6) is 1.88. The first-order valence-corrected chi connectivity index (χ1v) is 20.0. The zero-order valence-corrected chi connectivity index (χ0v) is 32.7. The molecule has 0 fully saturated rings. The van der Waals surface area contributed by atoms with Gasteiger partial charge in [-0.1, -0.05) is 207 Å². The lowest BCUT2D eigenvalue weighted by Crippen LogP contribution is -2.00. The van der Waals surface area contributed by atoms with E-state index < -0.39 is 0 Å². The van der Waals surface area contributed by atoms with Crippen molar-refractivity contribution in [2.24, 2.45) is 0 Å². The number of aromatic nitrogens is 3. The van der Waals surface area contributed by atoms with Gasteiger partial charge in [0.05, 0.1) is 0 Å². The summed E-state index contributed by atoms with van der Waals surface area (Å²) >= 11 is 0. The van der Waals surface area contributed by atoms with Crippen LogP contribution in [0.4, 0.5) is 0 Å². The van der Waals surface area contributed by atoms with E-state index in [1.165, 1.54) is 43.4 Å². The predicted octanol–water partition coefficient (Wildman–Crippen LogP) is 14.9. The van der Waals surface area contributed by atoms with Crippen molar-refractivity contribution in [2.45, 2.75) is 6.92 Å². The van der Waals surface area contributed by atoms with Gasteiger partial charge in [0.15, 0.2) is 17.5 Å². The SMILES string of the molecule is C=Cc1c(/C=C(\C)c2ccc3ccccc3c2-c2cccc(-c3nc(-c4ccccc4)nc(-c4ccc(-c5ccccc5)cc4)n3)c2)c2ccccc2c2ccccc12. The van der Waals surface area contributed by atoms with E-state index in [-0.39, 0.29) is 0 Å². The molecule has 0 saturated carbocycles. The maximum Gasteiger partial charge on any atom is 0.164 e. The lowest BCUT2D eigenvalue weighted by Gasteiger charge is -2.17. The Hall–Kier alpha value is -7.75. The van der Waals surface area contributed by atoms with Crippen molar-refractivity contribution in [1.29, 1.82) is 0 Å². The first-order valence-electron chi connectivity index (χ1n) is 20.0. The third kappa shape index (κ3) is 6.69. The number of hydrogen-bond acceptors (Lipinski definition) is 3. The fourth-order valence-electron chi connectivity index (χ4n) is 8.38. The number of nitrogens with zero attached hydrogens (tertiary/aromatic N) is 3. The zero-order valence-electron chi connectivity index (χ0n) is 32.7. The molecule has 0 radical (unpaired) electrons. The highest BCUT2D eigenvalue weighted by Gasteiger charge is 2.18. The molecular formula is C56H39N3. The second-order valence-electron chi connectivity index (χ2n) is 14.9. The van der Waals surface area contributed by atoms with Crippen molar-refractivity contribution in [2.75, 3.05) is 0 Å². The Balaban J connectivity index is 1.13. The molecule has 10 aromatic rings. The third-order valence-electron chi connectivity index (χ3n) is 11.3. The largest absolute Gasteiger partial charge is 0.208 e. The van der Waals surface area contributed by atoms with E-state index in [1.807, 2.05) is 42.5 Å². The van der Waals surface area contributed by atoms with Crippen LogP contribution in [0, 0.1) is 0 Å². The van der Waals surface area contributed by atoms with Crippen LogP contribution in [0.3, 0.4) is 0 Å². The molecule has 10 rings (SSSR count). The van der Waals surface area contributed by atoms with Crippen LogP contribution in [0.15, 0.2) is 201 Å². The van der Waals surface area contributed by atoms with Crippen LogP contribution in [0.5, 0.6) is 0 Å². The topological polar surface area (TPSA) is 38.7 Å². The van der Waals surface area contributed by atoms with Crippen molar-refractivity contribution >= 4 is 50.0 Å². The molecule has 59 heavy (non-hydrogen) atoms. The van der Waals surface area contributed by atoms with Gasteiger partial charge in [-0.2, -0.15) is 0 Å². The van der Waals surface area contributed by atoms with Crippen LogP contribution in [-0.2, 0) is 0 Å². The van der Waals surface area contributed by atoms with E-state index in [2.05, 4.69) is 177 Å². The van der Waals surface area contributed by atoms with E-state index in [0.717, 1.165) is 50.1 Å². The minimum absolute atomic E-state index is 0.621. The number of fused-ring (bicyclic) bond motifs is 4. The highest BCUT2D eigenvalue weighted by Crippen LogP contribution is 2.41. The minimum atomic E-state index is 0.621. The molecule has 0 unspecified atom stereocenters. The molecule has 0 saturated heterocycles. The summed E-state index contributed by atoms with van der Waals surface area (Å²) in [5.41, 5.74) is 12.0. The molecule has 0 bridgehead atoms. The van der Waals surface area contributed by atoms with Crippen molar-refractivity contribution in [3.8, 4) is 56.4 Å². The maximum absolute atomic E-state index is 5.14. The summed E-state index contributed by atoms with van der Waals surface area (Å²) in [6.45, 7) is 6.52. The van der Waals surface area contributed by atoms with Gasteiger partial charge in [-0.15, -0.1) is 0 Å². The predicted molar refractivity (Wildman–Crippen MR) is 250 cm³/mol. The smallest absolute Gasteiger partial charge is 0.164 e. The fraction of sp³-hybridized carbons (Fsp3) is 0.0179. The summed E-state index contributed by atoms with van der Waals surface area (Å²) in [4.78, 5) is 15.3. The molecular weight excluding hydrogens is 715 g/mol. The van der Waals surface area contributed by atoms with Gasteiger partial charge in [-0.25, -0.2) is 15.0 Å². The molecule has 0 N–H and O–H groups in total. The summed E-state index contributed by atoms with van der Waals surface area (Å²) in [6.07, 6.45) is 4.35. The van der Waals surface area contributed by atoms with Crippen LogP contribution < -0.4 is 0 Å². The van der Waals surface area contributed by atoms with Gasteiger partial charge in [0.25, 0.3) is 0 Å².